The average molecular weight is 629 g/mol. The summed E-state index contributed by atoms with van der Waals surface area (Å²) < 4.78 is 10.8. The number of nitrogens with one attached hydrogen (secondary N) is 4. The highest BCUT2D eigenvalue weighted by molar-refractivity contribution is 5.89. The fraction of sp³-hybridized carbons (Fsp3) is 0.371. The van der Waals surface area contributed by atoms with Crippen molar-refractivity contribution >= 4 is 23.7 Å². The zero-order valence-electron chi connectivity index (χ0n) is 27.1. The van der Waals surface area contributed by atoms with Gasteiger partial charge in [-0.05, 0) is 41.8 Å². The standard InChI is InChI=1S/C35H44N6O5/c1-23(36)38-19-26-11-7-6-10-25(26)18-31(39-35(44)40(3)20-27-12-8-9-13-32(27)46-5)34(43)41-21-29(30(22-41)33(42)37-2)24-14-16-28(45-4)17-15-24/h6-17,29-31H,18-22H2,1-5H3,(H2,36,38)(H,37,42)(H,39,44)/t29-,30+,31-/m0/s1. The summed E-state index contributed by atoms with van der Waals surface area (Å²) in [6, 6.07) is 21.4. The number of amidine groups is 1. The Kier molecular flexibility index (Phi) is 11.6. The van der Waals surface area contributed by atoms with Crippen molar-refractivity contribution in [3.63, 3.8) is 0 Å². The number of ether oxygens (including phenoxy) is 2. The molecule has 244 valence electrons. The Morgan fingerprint density at radius 2 is 1.59 bits per heavy atom. The Balaban J connectivity index is 1.61. The maximum absolute atomic E-state index is 14.3. The molecular formula is C35H44N6O5. The van der Waals surface area contributed by atoms with E-state index in [1.807, 2.05) is 72.8 Å². The minimum absolute atomic E-state index is 0.147. The second-order valence-electron chi connectivity index (χ2n) is 11.5. The van der Waals surface area contributed by atoms with Gasteiger partial charge in [-0.25, -0.2) is 4.79 Å². The lowest BCUT2D eigenvalue weighted by Crippen LogP contribution is -2.52. The monoisotopic (exact) mass is 628 g/mol. The predicted octanol–water partition coefficient (Wildman–Crippen LogP) is 3.53. The van der Waals surface area contributed by atoms with Crippen LogP contribution in [0.25, 0.3) is 0 Å². The van der Waals surface area contributed by atoms with Gasteiger partial charge in [-0.3, -0.25) is 15.0 Å². The van der Waals surface area contributed by atoms with Crippen LogP contribution >= 0.6 is 0 Å². The molecule has 1 aliphatic heterocycles. The first-order chi connectivity index (χ1) is 22.1. The average Bonchev–Trinajstić information content (AvgIpc) is 3.52. The van der Waals surface area contributed by atoms with E-state index >= 15 is 0 Å². The number of likely N-dealkylation sites (tertiary alicyclic amines) is 1. The molecule has 1 saturated heterocycles. The third-order valence-electron chi connectivity index (χ3n) is 8.39. The molecule has 1 fully saturated rings. The second-order valence-corrected chi connectivity index (χ2v) is 11.5. The first-order valence-electron chi connectivity index (χ1n) is 15.3. The Morgan fingerprint density at radius 3 is 2.22 bits per heavy atom. The van der Waals surface area contributed by atoms with Gasteiger partial charge in [-0.2, -0.15) is 0 Å². The Hall–Kier alpha value is -5.06. The van der Waals surface area contributed by atoms with Crippen molar-refractivity contribution < 1.29 is 23.9 Å². The number of carbonyl (C=O) groups is 3. The van der Waals surface area contributed by atoms with E-state index in [9.17, 15) is 14.4 Å². The summed E-state index contributed by atoms with van der Waals surface area (Å²) >= 11 is 0. The van der Waals surface area contributed by atoms with Crippen molar-refractivity contribution in [2.45, 2.75) is 38.4 Å². The van der Waals surface area contributed by atoms with Crippen LogP contribution in [0.4, 0.5) is 4.79 Å². The quantitative estimate of drug-likeness (QED) is 0.179. The molecule has 1 aliphatic rings. The number of rotatable bonds is 12. The van der Waals surface area contributed by atoms with Crippen LogP contribution in [0, 0.1) is 11.3 Å². The summed E-state index contributed by atoms with van der Waals surface area (Å²) in [5.74, 6) is 0.597. The van der Waals surface area contributed by atoms with E-state index in [0.29, 0.717) is 30.4 Å². The summed E-state index contributed by atoms with van der Waals surface area (Å²) in [6.07, 6.45) is 0.232. The fourth-order valence-electron chi connectivity index (χ4n) is 5.84. The minimum atomic E-state index is -0.908. The van der Waals surface area contributed by atoms with Crippen LogP contribution in [-0.2, 0) is 29.1 Å². The van der Waals surface area contributed by atoms with Gasteiger partial charge in [0.2, 0.25) is 11.8 Å². The molecule has 0 aromatic heterocycles. The lowest BCUT2D eigenvalue weighted by Gasteiger charge is -2.28. The van der Waals surface area contributed by atoms with Gasteiger partial charge in [0.25, 0.3) is 0 Å². The van der Waals surface area contributed by atoms with Crippen LogP contribution in [0.3, 0.4) is 0 Å². The molecule has 0 unspecified atom stereocenters. The van der Waals surface area contributed by atoms with E-state index in [0.717, 1.165) is 22.3 Å². The molecule has 0 radical (unpaired) electrons. The molecule has 4 rings (SSSR count). The van der Waals surface area contributed by atoms with Crippen molar-refractivity contribution in [2.24, 2.45) is 5.92 Å². The van der Waals surface area contributed by atoms with E-state index in [4.69, 9.17) is 14.9 Å². The summed E-state index contributed by atoms with van der Waals surface area (Å²) in [7, 11) is 6.45. The van der Waals surface area contributed by atoms with Gasteiger partial charge < -0.3 is 35.2 Å². The lowest BCUT2D eigenvalue weighted by molar-refractivity contribution is -0.132. The summed E-state index contributed by atoms with van der Waals surface area (Å²) in [5.41, 5.74) is 3.56. The van der Waals surface area contributed by atoms with Gasteiger partial charge in [0.15, 0.2) is 0 Å². The largest absolute Gasteiger partial charge is 0.497 e. The molecule has 0 aliphatic carbocycles. The molecule has 0 spiro atoms. The first-order valence-corrected chi connectivity index (χ1v) is 15.3. The van der Waals surface area contributed by atoms with Crippen LogP contribution in [0.1, 0.15) is 35.1 Å². The molecule has 0 bridgehead atoms. The van der Waals surface area contributed by atoms with Crippen LogP contribution in [0.5, 0.6) is 11.5 Å². The van der Waals surface area contributed by atoms with Crippen molar-refractivity contribution in [2.75, 3.05) is 41.4 Å². The van der Waals surface area contributed by atoms with E-state index in [1.165, 1.54) is 4.90 Å². The van der Waals surface area contributed by atoms with Crippen molar-refractivity contribution in [3.05, 3.63) is 95.1 Å². The summed E-state index contributed by atoms with van der Waals surface area (Å²) in [4.78, 5) is 44.2. The molecule has 3 aromatic rings. The molecular weight excluding hydrogens is 584 g/mol. The van der Waals surface area contributed by atoms with Crippen molar-refractivity contribution in [1.29, 1.82) is 5.41 Å². The molecule has 11 heteroatoms. The van der Waals surface area contributed by atoms with Crippen LogP contribution in [0.2, 0.25) is 0 Å². The number of carbonyl (C=O) groups excluding carboxylic acids is 3. The highest BCUT2D eigenvalue weighted by atomic mass is 16.5. The summed E-state index contributed by atoms with van der Waals surface area (Å²) in [6.45, 7) is 2.90. The molecule has 4 amide bonds. The predicted molar refractivity (Wildman–Crippen MR) is 177 cm³/mol. The number of urea groups is 1. The van der Waals surface area contributed by atoms with E-state index in [-0.39, 0.29) is 37.2 Å². The SMILES string of the molecule is CNC(=O)[C@@H]1CN(C(=O)[C@H](Cc2ccccc2CNC(C)=N)NC(=O)N(C)Cc2ccccc2OC)C[C@H]1c1ccc(OC)cc1. The normalized spacial score (nSPS) is 16.2. The maximum Gasteiger partial charge on any atom is 0.318 e. The smallest absolute Gasteiger partial charge is 0.318 e. The van der Waals surface area contributed by atoms with Crippen LogP contribution < -0.4 is 25.4 Å². The first kappa shape index (κ1) is 33.8. The topological polar surface area (TPSA) is 136 Å². The summed E-state index contributed by atoms with van der Waals surface area (Å²) in [5, 5.41) is 16.6. The molecule has 4 N–H and O–H groups in total. The highest BCUT2D eigenvalue weighted by Gasteiger charge is 2.42. The number of para-hydroxylation sites is 1. The zero-order chi connectivity index (χ0) is 33.2. The fourth-order valence-corrected chi connectivity index (χ4v) is 5.84. The van der Waals surface area contributed by atoms with E-state index in [1.54, 1.807) is 40.1 Å². The molecule has 11 nitrogen and oxygen atoms in total. The number of amides is 4. The van der Waals surface area contributed by atoms with Crippen molar-refractivity contribution in [1.82, 2.24) is 25.8 Å². The highest BCUT2D eigenvalue weighted by Crippen LogP contribution is 2.34. The maximum atomic E-state index is 14.3. The Labute approximate surface area is 270 Å². The Bertz CT molecular complexity index is 1530. The van der Waals surface area contributed by atoms with E-state index < -0.39 is 18.0 Å². The number of methoxy groups -OCH3 is 2. The molecule has 0 saturated carbocycles. The van der Waals surface area contributed by atoms with Crippen LogP contribution in [0.15, 0.2) is 72.8 Å². The third-order valence-corrected chi connectivity index (χ3v) is 8.39. The molecule has 1 heterocycles. The second kappa shape index (κ2) is 15.8. The van der Waals surface area contributed by atoms with Gasteiger partial charge in [-0.15, -0.1) is 0 Å². The number of hydrogen-bond donors (Lipinski definition) is 4. The molecule has 46 heavy (non-hydrogen) atoms. The molecule has 3 aromatic carbocycles. The van der Waals surface area contributed by atoms with Gasteiger partial charge in [0.05, 0.1) is 32.5 Å². The Morgan fingerprint density at radius 1 is 0.935 bits per heavy atom. The number of hydrogen-bond acceptors (Lipinski definition) is 6. The van der Waals surface area contributed by atoms with Gasteiger partial charge in [-0.1, -0.05) is 54.6 Å². The number of nitrogens with zero attached hydrogens (tertiary/aromatic N) is 2. The molecule has 3 atom stereocenters. The minimum Gasteiger partial charge on any atom is -0.497 e. The van der Waals surface area contributed by atoms with Crippen LogP contribution in [-0.4, -0.2) is 80.9 Å². The van der Waals surface area contributed by atoms with E-state index in [2.05, 4.69) is 16.0 Å². The van der Waals surface area contributed by atoms with Gasteiger partial charge in [0.1, 0.15) is 17.5 Å². The van der Waals surface area contributed by atoms with Crippen molar-refractivity contribution in [3.8, 4) is 11.5 Å². The van der Waals surface area contributed by atoms with Gasteiger partial charge in [0, 0.05) is 51.6 Å². The zero-order valence-corrected chi connectivity index (χ0v) is 27.1. The lowest BCUT2D eigenvalue weighted by atomic mass is 9.88. The third kappa shape index (κ3) is 8.35. The number of benzene rings is 3. The van der Waals surface area contributed by atoms with Gasteiger partial charge >= 0.3 is 6.03 Å².